The molecule has 2 aliphatic rings. The van der Waals surface area contributed by atoms with Gasteiger partial charge in [-0.15, -0.1) is 0 Å². The van der Waals surface area contributed by atoms with E-state index >= 15 is 0 Å². The predicted molar refractivity (Wildman–Crippen MR) is 118 cm³/mol. The first-order valence-corrected chi connectivity index (χ1v) is 10.6. The summed E-state index contributed by atoms with van der Waals surface area (Å²) in [7, 11) is 0. The van der Waals surface area contributed by atoms with Crippen LogP contribution in [0.15, 0.2) is 78.3 Å². The van der Waals surface area contributed by atoms with Crippen molar-refractivity contribution in [2.24, 2.45) is 5.41 Å². The normalized spacial score (nSPS) is 19.4. The van der Waals surface area contributed by atoms with Crippen molar-refractivity contribution in [3.8, 4) is 5.88 Å². The highest BCUT2D eigenvalue weighted by atomic mass is 16.5. The first kappa shape index (κ1) is 19.5. The minimum atomic E-state index is -0.278. The van der Waals surface area contributed by atoms with E-state index < -0.39 is 0 Å². The molecule has 1 aliphatic carbocycles. The average Bonchev–Trinajstić information content (AvgIpc) is 2.75. The number of nitrogens with zero attached hydrogens (tertiary/aromatic N) is 2. The molecule has 0 saturated carbocycles. The molecule has 0 spiro atoms. The van der Waals surface area contributed by atoms with Crippen molar-refractivity contribution in [3.63, 3.8) is 0 Å². The van der Waals surface area contributed by atoms with Gasteiger partial charge >= 0.3 is 5.88 Å². The fourth-order valence-corrected chi connectivity index (χ4v) is 4.71. The molecule has 3 aromatic rings. The van der Waals surface area contributed by atoms with E-state index in [4.69, 9.17) is 10.5 Å². The summed E-state index contributed by atoms with van der Waals surface area (Å²) >= 11 is 0. The second-order valence-corrected chi connectivity index (χ2v) is 9.19. The number of benzene rings is 2. The van der Waals surface area contributed by atoms with Gasteiger partial charge in [0.1, 0.15) is 11.3 Å². The number of hydrogen-bond acceptors (Lipinski definition) is 4. The minimum Gasteiger partial charge on any atom is -0.430 e. The van der Waals surface area contributed by atoms with Crippen molar-refractivity contribution in [1.82, 2.24) is 4.98 Å². The van der Waals surface area contributed by atoms with Crippen LogP contribution < -0.4 is 15.0 Å². The Labute approximate surface area is 182 Å². The SMILES string of the molecule is CC1(C)CC(=O)C2=C(C1)Oc1nc[n+](Cc3ccccc3)c(N)c1[C@@H]2c1ccccc1. The van der Waals surface area contributed by atoms with Crippen molar-refractivity contribution in [2.75, 3.05) is 5.73 Å². The Morgan fingerprint density at radius 1 is 1.06 bits per heavy atom. The van der Waals surface area contributed by atoms with Crippen molar-refractivity contribution in [2.45, 2.75) is 39.2 Å². The van der Waals surface area contributed by atoms with Gasteiger partial charge in [0.25, 0.3) is 0 Å². The molecule has 2 heterocycles. The van der Waals surface area contributed by atoms with Gasteiger partial charge in [0, 0.05) is 18.4 Å². The number of ketones is 1. The number of hydrogen-bond donors (Lipinski definition) is 1. The molecule has 0 saturated heterocycles. The molecule has 31 heavy (non-hydrogen) atoms. The Balaban J connectivity index is 1.67. The molecule has 1 aliphatic heterocycles. The summed E-state index contributed by atoms with van der Waals surface area (Å²) < 4.78 is 8.16. The Kier molecular flexibility index (Phi) is 4.62. The number of nitrogens with two attached hydrogens (primary N) is 1. The number of aromatic nitrogens is 2. The molecule has 5 rings (SSSR count). The number of allylic oxidation sites excluding steroid dienone is 2. The Hall–Kier alpha value is -3.47. The fraction of sp³-hybridized carbons (Fsp3) is 0.269. The minimum absolute atomic E-state index is 0.128. The fourth-order valence-electron chi connectivity index (χ4n) is 4.71. The summed E-state index contributed by atoms with van der Waals surface area (Å²) in [6.45, 7) is 4.80. The molecule has 2 aromatic carbocycles. The van der Waals surface area contributed by atoms with Crippen LogP contribution in [-0.4, -0.2) is 10.8 Å². The van der Waals surface area contributed by atoms with Crippen molar-refractivity contribution in [3.05, 3.63) is 95.0 Å². The van der Waals surface area contributed by atoms with Crippen molar-refractivity contribution < 1.29 is 14.1 Å². The smallest absolute Gasteiger partial charge is 0.305 e. The highest BCUT2D eigenvalue weighted by Gasteiger charge is 2.45. The summed E-state index contributed by atoms with van der Waals surface area (Å²) in [4.78, 5) is 18.0. The topological polar surface area (TPSA) is 69.1 Å². The standard InChI is InChI=1S/C26H25N3O2/c1-26(2)13-19(30)22-20(14-26)31-25-23(21(22)18-11-7-4-8-12-18)24(27)29(16-28-25)15-17-9-5-3-6-10-17/h3-12,16,21,27H,13-15H2,1-2H3/p+1/t21-/m1/s1. The van der Waals surface area contributed by atoms with Crippen LogP contribution in [-0.2, 0) is 11.3 Å². The van der Waals surface area contributed by atoms with E-state index in [1.807, 2.05) is 53.1 Å². The lowest BCUT2D eigenvalue weighted by Gasteiger charge is -2.37. The van der Waals surface area contributed by atoms with Gasteiger partial charge in [-0.3, -0.25) is 4.79 Å². The van der Waals surface area contributed by atoms with Gasteiger partial charge in [-0.25, -0.2) is 4.57 Å². The lowest BCUT2D eigenvalue weighted by molar-refractivity contribution is -0.677. The number of carbonyl (C=O) groups excluding carboxylic acids is 1. The van der Waals surface area contributed by atoms with Crippen LogP contribution in [0.5, 0.6) is 5.88 Å². The van der Waals surface area contributed by atoms with E-state index in [0.29, 0.717) is 31.1 Å². The van der Waals surface area contributed by atoms with Gasteiger partial charge in [-0.1, -0.05) is 79.5 Å². The van der Waals surface area contributed by atoms with Crippen LogP contribution in [0.1, 0.15) is 49.3 Å². The molecular formula is C26H26N3O2+. The number of fused-ring (bicyclic) bond motifs is 1. The maximum atomic E-state index is 13.3. The first-order valence-electron chi connectivity index (χ1n) is 10.6. The molecule has 1 atom stereocenters. The Bertz CT molecular complexity index is 1180. The van der Waals surface area contributed by atoms with Gasteiger partial charge in [-0.2, -0.15) is 0 Å². The summed E-state index contributed by atoms with van der Waals surface area (Å²) in [6, 6.07) is 20.2. The monoisotopic (exact) mass is 412 g/mol. The van der Waals surface area contributed by atoms with Gasteiger partial charge in [0.05, 0.1) is 12.5 Å². The van der Waals surface area contributed by atoms with Gasteiger partial charge < -0.3 is 10.5 Å². The zero-order valence-corrected chi connectivity index (χ0v) is 17.8. The van der Waals surface area contributed by atoms with Crippen LogP contribution in [0.25, 0.3) is 0 Å². The quantitative estimate of drug-likeness (QED) is 0.656. The third-order valence-corrected chi connectivity index (χ3v) is 6.14. The maximum Gasteiger partial charge on any atom is 0.305 e. The Morgan fingerprint density at radius 2 is 1.74 bits per heavy atom. The summed E-state index contributed by atoms with van der Waals surface area (Å²) in [5.74, 6) is 1.66. The van der Waals surface area contributed by atoms with E-state index in [-0.39, 0.29) is 17.1 Å². The second kappa shape index (κ2) is 7.34. The number of nitrogen functional groups attached to an aromatic ring is 1. The number of rotatable bonds is 3. The molecule has 0 unspecified atom stereocenters. The highest BCUT2D eigenvalue weighted by Crippen LogP contribution is 2.50. The van der Waals surface area contributed by atoms with E-state index in [0.717, 1.165) is 28.0 Å². The molecule has 1 aromatic heterocycles. The Morgan fingerprint density at radius 3 is 2.45 bits per heavy atom. The van der Waals surface area contributed by atoms with Crippen molar-refractivity contribution >= 4 is 11.6 Å². The molecule has 5 heteroatoms. The zero-order valence-electron chi connectivity index (χ0n) is 17.8. The molecule has 0 radical (unpaired) electrons. The van der Waals surface area contributed by atoms with Crippen molar-refractivity contribution in [1.29, 1.82) is 0 Å². The predicted octanol–water partition coefficient (Wildman–Crippen LogP) is 4.17. The van der Waals surface area contributed by atoms with E-state index in [1.165, 1.54) is 0 Å². The molecule has 156 valence electrons. The lowest BCUT2D eigenvalue weighted by Crippen LogP contribution is -2.41. The number of Topliss-reactive ketones (excluding diaryl/α,β-unsaturated/α-hetero) is 1. The van der Waals surface area contributed by atoms with Crippen LogP contribution in [0, 0.1) is 5.41 Å². The van der Waals surface area contributed by atoms with E-state index in [9.17, 15) is 4.79 Å². The third kappa shape index (κ3) is 3.50. The molecule has 2 N–H and O–H groups in total. The second-order valence-electron chi connectivity index (χ2n) is 9.19. The average molecular weight is 413 g/mol. The van der Waals surface area contributed by atoms with Gasteiger partial charge in [-0.05, 0) is 16.5 Å². The first-order chi connectivity index (χ1) is 14.9. The number of ether oxygens (including phenoxy) is 1. The van der Waals surface area contributed by atoms with Crippen LogP contribution in [0.2, 0.25) is 0 Å². The summed E-state index contributed by atoms with van der Waals surface area (Å²) in [5.41, 5.74) is 10.2. The molecular weight excluding hydrogens is 386 g/mol. The molecule has 5 nitrogen and oxygen atoms in total. The summed E-state index contributed by atoms with van der Waals surface area (Å²) in [5, 5.41) is 0. The highest BCUT2D eigenvalue weighted by molar-refractivity contribution is 6.00. The van der Waals surface area contributed by atoms with Gasteiger partial charge in [0.15, 0.2) is 5.78 Å². The third-order valence-electron chi connectivity index (χ3n) is 6.14. The van der Waals surface area contributed by atoms with Crippen LogP contribution >= 0.6 is 0 Å². The van der Waals surface area contributed by atoms with Crippen LogP contribution in [0.4, 0.5) is 5.82 Å². The molecule has 0 amide bonds. The number of carbonyl (C=O) groups is 1. The maximum absolute atomic E-state index is 13.3. The molecule has 0 bridgehead atoms. The number of anilines is 1. The van der Waals surface area contributed by atoms with Crippen LogP contribution in [0.3, 0.4) is 0 Å². The zero-order chi connectivity index (χ0) is 21.6. The largest absolute Gasteiger partial charge is 0.430 e. The van der Waals surface area contributed by atoms with E-state index in [1.54, 1.807) is 6.33 Å². The molecule has 0 fully saturated rings. The lowest BCUT2D eigenvalue weighted by atomic mass is 9.70. The summed E-state index contributed by atoms with van der Waals surface area (Å²) in [6.07, 6.45) is 2.93. The van der Waals surface area contributed by atoms with Gasteiger partial charge in [0.2, 0.25) is 12.1 Å². The van der Waals surface area contributed by atoms with E-state index in [2.05, 4.69) is 31.0 Å².